The number of thiocarbonyl (C=S) groups is 1. The minimum Gasteiger partial charge on any atom is -0.465 e. The lowest BCUT2D eigenvalue weighted by Crippen LogP contribution is -2.35. The Balaban J connectivity index is 1.84. The predicted octanol–water partition coefficient (Wildman–Crippen LogP) is 4.99. The summed E-state index contributed by atoms with van der Waals surface area (Å²) in [7, 11) is 0. The van der Waals surface area contributed by atoms with Crippen molar-refractivity contribution in [3.63, 3.8) is 0 Å². The van der Waals surface area contributed by atoms with Crippen molar-refractivity contribution in [1.82, 2.24) is 19.8 Å². The number of nitrogens with zero attached hydrogens (tertiary/aromatic N) is 3. The highest BCUT2D eigenvalue weighted by molar-refractivity contribution is 7.80. The van der Waals surface area contributed by atoms with Gasteiger partial charge in [-0.25, -0.2) is 0 Å². The summed E-state index contributed by atoms with van der Waals surface area (Å²) in [5.41, 5.74) is 6.10. The van der Waals surface area contributed by atoms with E-state index in [0.29, 0.717) is 11.7 Å². The third-order valence-electron chi connectivity index (χ3n) is 6.07. The largest absolute Gasteiger partial charge is 0.465 e. The Morgan fingerprint density at radius 1 is 1.21 bits per heavy atom. The fourth-order valence-corrected chi connectivity index (χ4v) is 5.03. The summed E-state index contributed by atoms with van der Waals surface area (Å²) in [6.45, 7) is 8.36. The normalized spacial score (nSPS) is 17.8. The molecule has 0 unspecified atom stereocenters. The second kappa shape index (κ2) is 9.53. The van der Waals surface area contributed by atoms with Crippen molar-refractivity contribution in [2.45, 2.75) is 39.8 Å². The van der Waals surface area contributed by atoms with Crippen molar-refractivity contribution in [3.8, 4) is 5.69 Å². The van der Waals surface area contributed by atoms with E-state index in [0.717, 1.165) is 38.9 Å². The van der Waals surface area contributed by atoms with Gasteiger partial charge in [0.1, 0.15) is 6.54 Å². The van der Waals surface area contributed by atoms with Gasteiger partial charge >= 0.3 is 5.97 Å². The molecule has 2 aromatic heterocycles. The number of esters is 1. The molecule has 172 valence electrons. The molecule has 0 saturated carbocycles. The molecule has 0 bridgehead atoms. The molecule has 1 aliphatic heterocycles. The monoisotopic (exact) mass is 482 g/mol. The van der Waals surface area contributed by atoms with Crippen molar-refractivity contribution < 1.29 is 9.53 Å². The van der Waals surface area contributed by atoms with Crippen LogP contribution in [0.15, 0.2) is 48.7 Å². The molecule has 0 radical (unpaired) electrons. The predicted molar refractivity (Wildman–Crippen MR) is 134 cm³/mol. The first-order valence-electron chi connectivity index (χ1n) is 10.9. The van der Waals surface area contributed by atoms with E-state index in [9.17, 15) is 4.79 Å². The van der Waals surface area contributed by atoms with Gasteiger partial charge in [0.2, 0.25) is 0 Å². The standard InChI is InChI=1S/C25H27ClN4O2S/c1-5-32-22(31)14-29-24(23(28-25(29)33)20-10-6-7-12-27-20)18-13-15(2)30(17(18)4)21-11-8-9-19(26)16(21)3/h6-13,23-24H,5,14H2,1-4H3,(H,28,33)/t23-,24-/m0/s1. The van der Waals surface area contributed by atoms with E-state index in [1.807, 2.05) is 42.2 Å². The van der Waals surface area contributed by atoms with Crippen LogP contribution in [0, 0.1) is 20.8 Å². The smallest absolute Gasteiger partial charge is 0.325 e. The van der Waals surface area contributed by atoms with E-state index in [1.165, 1.54) is 0 Å². The van der Waals surface area contributed by atoms with Crippen molar-refractivity contribution in [3.05, 3.63) is 81.9 Å². The Morgan fingerprint density at radius 2 is 2.00 bits per heavy atom. The van der Waals surface area contributed by atoms with Crippen LogP contribution < -0.4 is 5.32 Å². The molecule has 6 nitrogen and oxygen atoms in total. The topological polar surface area (TPSA) is 59.4 Å². The number of rotatable bonds is 6. The number of benzene rings is 1. The molecular formula is C25H27ClN4O2S. The van der Waals surface area contributed by atoms with Crippen molar-refractivity contribution in [2.75, 3.05) is 13.2 Å². The lowest BCUT2D eigenvalue weighted by molar-refractivity contribution is -0.143. The molecule has 8 heteroatoms. The third kappa shape index (κ3) is 4.35. The van der Waals surface area contributed by atoms with Gasteiger partial charge in [-0.3, -0.25) is 9.78 Å². The number of carbonyl (C=O) groups excluding carboxylic acids is 1. The number of carbonyl (C=O) groups is 1. The van der Waals surface area contributed by atoms with Crippen LogP contribution in [-0.2, 0) is 9.53 Å². The molecule has 2 atom stereocenters. The highest BCUT2D eigenvalue weighted by atomic mass is 35.5. The van der Waals surface area contributed by atoms with Crippen molar-refractivity contribution in [2.24, 2.45) is 0 Å². The number of aryl methyl sites for hydroxylation is 1. The summed E-state index contributed by atoms with van der Waals surface area (Å²) in [5.74, 6) is -0.312. The van der Waals surface area contributed by atoms with E-state index in [1.54, 1.807) is 13.1 Å². The van der Waals surface area contributed by atoms with Gasteiger partial charge in [0.05, 0.1) is 24.4 Å². The fourth-order valence-electron chi connectivity index (χ4n) is 4.56. The van der Waals surface area contributed by atoms with Crippen LogP contribution in [0.1, 0.15) is 47.2 Å². The van der Waals surface area contributed by atoms with E-state index >= 15 is 0 Å². The number of hydrogen-bond donors (Lipinski definition) is 1. The van der Waals surface area contributed by atoms with Crippen LogP contribution in [0.25, 0.3) is 5.69 Å². The minimum atomic E-state index is -0.312. The van der Waals surface area contributed by atoms with Crippen LogP contribution in [0.3, 0.4) is 0 Å². The van der Waals surface area contributed by atoms with Crippen molar-refractivity contribution >= 4 is 34.9 Å². The number of nitrogens with one attached hydrogen (secondary N) is 1. The van der Waals surface area contributed by atoms with Crippen LogP contribution in [0.5, 0.6) is 0 Å². The van der Waals surface area contributed by atoms with Gasteiger partial charge in [-0.05, 0) is 81.4 Å². The lowest BCUT2D eigenvalue weighted by atomic mass is 9.96. The van der Waals surface area contributed by atoms with Gasteiger partial charge in [0.15, 0.2) is 5.11 Å². The average Bonchev–Trinajstić information content (AvgIpc) is 3.26. The Hall–Kier alpha value is -2.90. The Labute approximate surface area is 204 Å². The lowest BCUT2D eigenvalue weighted by Gasteiger charge is -2.27. The minimum absolute atomic E-state index is 0.0630. The molecule has 3 heterocycles. The first kappa shape index (κ1) is 23.3. The maximum atomic E-state index is 12.4. The zero-order valence-electron chi connectivity index (χ0n) is 19.1. The molecule has 1 aliphatic rings. The summed E-state index contributed by atoms with van der Waals surface area (Å²) < 4.78 is 7.44. The molecule has 1 fully saturated rings. The molecule has 0 spiro atoms. The van der Waals surface area contributed by atoms with Crippen LogP contribution in [0.2, 0.25) is 5.02 Å². The summed E-state index contributed by atoms with van der Waals surface area (Å²) in [4.78, 5) is 18.9. The van der Waals surface area contributed by atoms with Crippen molar-refractivity contribution in [1.29, 1.82) is 0 Å². The first-order valence-corrected chi connectivity index (χ1v) is 11.7. The van der Waals surface area contributed by atoms with Gasteiger partial charge in [0.25, 0.3) is 0 Å². The van der Waals surface area contributed by atoms with Gasteiger partial charge in [-0.2, -0.15) is 0 Å². The van der Waals surface area contributed by atoms with E-state index in [2.05, 4.69) is 40.8 Å². The number of halogens is 1. The average molecular weight is 483 g/mol. The van der Waals surface area contributed by atoms with Crippen LogP contribution in [-0.4, -0.2) is 38.7 Å². The molecular weight excluding hydrogens is 456 g/mol. The van der Waals surface area contributed by atoms with E-state index < -0.39 is 0 Å². The summed E-state index contributed by atoms with van der Waals surface area (Å²) in [6, 6.07) is 13.5. The molecule has 3 aromatic rings. The number of pyridine rings is 1. The number of ether oxygens (including phenoxy) is 1. The van der Waals surface area contributed by atoms with Gasteiger partial charge in [-0.15, -0.1) is 0 Å². The Kier molecular flexibility index (Phi) is 6.72. The summed E-state index contributed by atoms with van der Waals surface area (Å²) in [6.07, 6.45) is 1.77. The third-order valence-corrected chi connectivity index (χ3v) is 6.83. The zero-order valence-corrected chi connectivity index (χ0v) is 20.7. The second-order valence-electron chi connectivity index (χ2n) is 8.11. The van der Waals surface area contributed by atoms with E-state index in [-0.39, 0.29) is 24.6 Å². The Morgan fingerprint density at radius 3 is 2.70 bits per heavy atom. The van der Waals surface area contributed by atoms with Gasteiger partial charge in [0, 0.05) is 28.3 Å². The second-order valence-corrected chi connectivity index (χ2v) is 8.90. The first-order chi connectivity index (χ1) is 15.8. The number of aromatic nitrogens is 2. The quantitative estimate of drug-likeness (QED) is 0.394. The summed E-state index contributed by atoms with van der Waals surface area (Å²) >= 11 is 12.1. The SMILES string of the molecule is CCOC(=O)CN1C(=S)N[C@@H](c2ccccn2)[C@@H]1c1cc(C)n(-c2cccc(Cl)c2C)c1C. The Bertz CT molecular complexity index is 1190. The number of hydrogen-bond acceptors (Lipinski definition) is 4. The fraction of sp³-hybridized carbons (Fsp3) is 0.320. The highest BCUT2D eigenvalue weighted by Gasteiger charge is 2.42. The molecule has 1 aromatic carbocycles. The maximum absolute atomic E-state index is 12.4. The van der Waals surface area contributed by atoms with E-state index in [4.69, 9.17) is 28.6 Å². The molecule has 1 saturated heterocycles. The maximum Gasteiger partial charge on any atom is 0.325 e. The highest BCUT2D eigenvalue weighted by Crippen LogP contribution is 2.41. The van der Waals surface area contributed by atoms with Gasteiger partial charge in [-0.1, -0.05) is 23.7 Å². The van der Waals surface area contributed by atoms with Gasteiger partial charge < -0.3 is 19.5 Å². The van der Waals surface area contributed by atoms with Crippen LogP contribution >= 0.6 is 23.8 Å². The summed E-state index contributed by atoms with van der Waals surface area (Å²) in [5, 5.41) is 4.62. The molecule has 0 aliphatic carbocycles. The molecule has 1 N–H and O–H groups in total. The molecule has 0 amide bonds. The zero-order chi connectivity index (χ0) is 23.7. The molecule has 33 heavy (non-hydrogen) atoms. The van der Waals surface area contributed by atoms with Crippen LogP contribution in [0.4, 0.5) is 0 Å². The molecule has 4 rings (SSSR count).